The highest BCUT2D eigenvalue weighted by molar-refractivity contribution is 7.99. The summed E-state index contributed by atoms with van der Waals surface area (Å²) in [7, 11) is 0. The van der Waals surface area contributed by atoms with Crippen LogP contribution in [0.4, 0.5) is 0 Å². The molecule has 9 heavy (non-hydrogen) atoms. The highest BCUT2D eigenvalue weighted by atomic mass is 32.2. The van der Waals surface area contributed by atoms with Gasteiger partial charge in [-0.05, 0) is 12.2 Å². The van der Waals surface area contributed by atoms with E-state index in [1.54, 1.807) is 11.8 Å². The number of thioether (sulfide) groups is 1. The SMILES string of the molecule is N#C[C@H]1CSCC[C@@H]1O. The molecule has 2 atom stereocenters. The fourth-order valence-corrected chi connectivity index (χ4v) is 1.98. The minimum Gasteiger partial charge on any atom is -0.392 e. The van der Waals surface area contributed by atoms with E-state index in [0.717, 1.165) is 17.9 Å². The van der Waals surface area contributed by atoms with E-state index in [2.05, 4.69) is 6.07 Å². The molecular formula is C6H9NOS. The van der Waals surface area contributed by atoms with Crippen molar-refractivity contribution in [3.05, 3.63) is 0 Å². The Morgan fingerprint density at radius 1 is 1.67 bits per heavy atom. The van der Waals surface area contributed by atoms with Gasteiger partial charge in [0.25, 0.3) is 0 Å². The molecule has 0 bridgehead atoms. The predicted octanol–water partition coefficient (Wildman–Crippen LogP) is 0.624. The summed E-state index contributed by atoms with van der Waals surface area (Å²) in [6.07, 6.45) is 0.416. The molecule has 1 N–H and O–H groups in total. The van der Waals surface area contributed by atoms with Gasteiger partial charge in [0, 0.05) is 5.75 Å². The highest BCUT2D eigenvalue weighted by Crippen LogP contribution is 2.21. The second-order valence-corrected chi connectivity index (χ2v) is 3.32. The molecule has 1 saturated heterocycles. The van der Waals surface area contributed by atoms with Crippen LogP contribution < -0.4 is 0 Å². The number of hydrogen-bond acceptors (Lipinski definition) is 3. The molecule has 0 aromatic carbocycles. The number of hydrogen-bond donors (Lipinski definition) is 1. The topological polar surface area (TPSA) is 44.0 Å². The molecule has 1 aliphatic heterocycles. The molecular weight excluding hydrogens is 134 g/mol. The van der Waals surface area contributed by atoms with E-state index in [4.69, 9.17) is 10.4 Å². The van der Waals surface area contributed by atoms with Gasteiger partial charge < -0.3 is 5.11 Å². The molecule has 0 aliphatic carbocycles. The van der Waals surface area contributed by atoms with E-state index in [9.17, 15) is 0 Å². The maximum Gasteiger partial charge on any atom is 0.0813 e. The zero-order valence-corrected chi connectivity index (χ0v) is 5.90. The summed E-state index contributed by atoms with van der Waals surface area (Å²) < 4.78 is 0. The number of aliphatic hydroxyl groups excluding tert-OH is 1. The second kappa shape index (κ2) is 3.09. The summed E-state index contributed by atoms with van der Waals surface area (Å²) >= 11 is 1.75. The average molecular weight is 143 g/mol. The Kier molecular flexibility index (Phi) is 2.38. The lowest BCUT2D eigenvalue weighted by atomic mass is 10.0. The Morgan fingerprint density at radius 2 is 2.44 bits per heavy atom. The first-order valence-corrected chi connectivity index (χ1v) is 4.15. The Bertz CT molecular complexity index is 132. The summed E-state index contributed by atoms with van der Waals surface area (Å²) in [6.45, 7) is 0. The van der Waals surface area contributed by atoms with Gasteiger partial charge in [-0.2, -0.15) is 17.0 Å². The van der Waals surface area contributed by atoms with E-state index in [0.29, 0.717) is 0 Å². The standard InChI is InChI=1S/C6H9NOS/c7-3-5-4-9-2-1-6(5)8/h5-6,8H,1-2,4H2/t5-,6-/m0/s1. The Balaban J connectivity index is 2.41. The van der Waals surface area contributed by atoms with Crippen molar-refractivity contribution in [2.75, 3.05) is 11.5 Å². The first-order chi connectivity index (χ1) is 4.34. The third kappa shape index (κ3) is 1.60. The lowest BCUT2D eigenvalue weighted by molar-refractivity contribution is 0.136. The highest BCUT2D eigenvalue weighted by Gasteiger charge is 2.22. The molecule has 0 radical (unpaired) electrons. The fourth-order valence-electron chi connectivity index (χ4n) is 0.850. The Hall–Kier alpha value is -0.200. The monoisotopic (exact) mass is 143 g/mol. The van der Waals surface area contributed by atoms with Crippen molar-refractivity contribution in [2.45, 2.75) is 12.5 Å². The molecule has 50 valence electrons. The van der Waals surface area contributed by atoms with Gasteiger partial charge in [-0.1, -0.05) is 0 Å². The maximum absolute atomic E-state index is 9.13. The average Bonchev–Trinajstić information content (AvgIpc) is 1.89. The molecule has 1 fully saturated rings. The van der Waals surface area contributed by atoms with E-state index in [1.165, 1.54) is 0 Å². The van der Waals surface area contributed by atoms with Crippen molar-refractivity contribution in [1.29, 1.82) is 5.26 Å². The van der Waals surface area contributed by atoms with Crippen LogP contribution in [-0.4, -0.2) is 22.7 Å². The number of nitriles is 1. The molecule has 0 aromatic rings. The number of nitrogens with zero attached hydrogens (tertiary/aromatic N) is 1. The molecule has 2 nitrogen and oxygen atoms in total. The Morgan fingerprint density at radius 3 is 2.89 bits per heavy atom. The van der Waals surface area contributed by atoms with Crippen molar-refractivity contribution < 1.29 is 5.11 Å². The molecule has 0 unspecified atom stereocenters. The molecule has 3 heteroatoms. The van der Waals surface area contributed by atoms with Crippen molar-refractivity contribution in [3.63, 3.8) is 0 Å². The minimum atomic E-state index is -0.365. The summed E-state index contributed by atoms with van der Waals surface area (Å²) in [4.78, 5) is 0. The predicted molar refractivity (Wildman–Crippen MR) is 37.1 cm³/mol. The molecule has 0 aromatic heterocycles. The molecule has 1 aliphatic rings. The van der Waals surface area contributed by atoms with Crippen LogP contribution >= 0.6 is 11.8 Å². The lowest BCUT2D eigenvalue weighted by Crippen LogP contribution is -2.25. The molecule has 0 saturated carbocycles. The summed E-state index contributed by atoms with van der Waals surface area (Å²) in [6, 6.07) is 2.08. The van der Waals surface area contributed by atoms with Crippen LogP contribution in [-0.2, 0) is 0 Å². The third-order valence-corrected chi connectivity index (χ3v) is 2.60. The van der Waals surface area contributed by atoms with Gasteiger partial charge in [0.15, 0.2) is 0 Å². The first kappa shape index (κ1) is 6.91. The normalized spacial score (nSPS) is 35.6. The number of rotatable bonds is 0. The third-order valence-electron chi connectivity index (χ3n) is 1.49. The molecule has 0 spiro atoms. The minimum absolute atomic E-state index is 0.122. The van der Waals surface area contributed by atoms with E-state index in [1.807, 2.05) is 0 Å². The van der Waals surface area contributed by atoms with Crippen molar-refractivity contribution in [3.8, 4) is 6.07 Å². The summed E-state index contributed by atoms with van der Waals surface area (Å²) in [5.41, 5.74) is 0. The molecule has 1 rings (SSSR count). The zero-order valence-electron chi connectivity index (χ0n) is 5.08. The van der Waals surface area contributed by atoms with Crippen LogP contribution in [0.5, 0.6) is 0 Å². The van der Waals surface area contributed by atoms with Gasteiger partial charge in [0.05, 0.1) is 18.1 Å². The molecule has 0 amide bonds. The Labute approximate surface area is 58.9 Å². The van der Waals surface area contributed by atoms with Crippen LogP contribution in [0.25, 0.3) is 0 Å². The zero-order chi connectivity index (χ0) is 6.69. The van der Waals surface area contributed by atoms with Gasteiger partial charge in [-0.3, -0.25) is 0 Å². The number of aliphatic hydroxyl groups is 1. The lowest BCUT2D eigenvalue weighted by Gasteiger charge is -2.20. The van der Waals surface area contributed by atoms with E-state index < -0.39 is 0 Å². The van der Waals surface area contributed by atoms with Gasteiger partial charge in [-0.15, -0.1) is 0 Å². The van der Waals surface area contributed by atoms with Crippen LogP contribution in [0.3, 0.4) is 0 Å². The van der Waals surface area contributed by atoms with Crippen molar-refractivity contribution in [2.24, 2.45) is 5.92 Å². The van der Waals surface area contributed by atoms with Gasteiger partial charge in [0.1, 0.15) is 0 Å². The van der Waals surface area contributed by atoms with Crippen LogP contribution in [0.15, 0.2) is 0 Å². The maximum atomic E-state index is 9.13. The van der Waals surface area contributed by atoms with Crippen molar-refractivity contribution in [1.82, 2.24) is 0 Å². The largest absolute Gasteiger partial charge is 0.392 e. The van der Waals surface area contributed by atoms with Crippen LogP contribution in [0, 0.1) is 17.2 Å². The van der Waals surface area contributed by atoms with Crippen LogP contribution in [0.1, 0.15) is 6.42 Å². The summed E-state index contributed by atoms with van der Waals surface area (Å²) in [5, 5.41) is 17.6. The summed E-state index contributed by atoms with van der Waals surface area (Å²) in [5.74, 6) is 1.68. The quantitative estimate of drug-likeness (QED) is 0.540. The van der Waals surface area contributed by atoms with Gasteiger partial charge >= 0.3 is 0 Å². The first-order valence-electron chi connectivity index (χ1n) is 3.00. The van der Waals surface area contributed by atoms with E-state index >= 15 is 0 Å². The molecule has 1 heterocycles. The van der Waals surface area contributed by atoms with Crippen LogP contribution in [0.2, 0.25) is 0 Å². The smallest absolute Gasteiger partial charge is 0.0813 e. The van der Waals surface area contributed by atoms with Gasteiger partial charge in [0.2, 0.25) is 0 Å². The van der Waals surface area contributed by atoms with Gasteiger partial charge in [-0.25, -0.2) is 0 Å². The second-order valence-electron chi connectivity index (χ2n) is 2.17. The van der Waals surface area contributed by atoms with Crippen molar-refractivity contribution >= 4 is 11.8 Å². The van der Waals surface area contributed by atoms with E-state index in [-0.39, 0.29) is 12.0 Å². The fraction of sp³-hybridized carbons (Fsp3) is 0.833.